The van der Waals surface area contributed by atoms with Crippen molar-refractivity contribution in [2.24, 2.45) is 11.8 Å². The molecule has 0 aliphatic heterocycles. The summed E-state index contributed by atoms with van der Waals surface area (Å²) in [5.74, 6) is -1.24. The lowest BCUT2D eigenvalue weighted by Crippen LogP contribution is -2.26. The second-order valence-electron chi connectivity index (χ2n) is 7.56. The molecule has 29 heavy (non-hydrogen) atoms. The number of aliphatic carboxylic acids is 1. The molecule has 3 rings (SSSR count). The van der Waals surface area contributed by atoms with Gasteiger partial charge >= 0.3 is 5.97 Å². The van der Waals surface area contributed by atoms with Gasteiger partial charge in [0.1, 0.15) is 0 Å². The molecular weight excluding hydrogens is 370 g/mol. The molecule has 0 fully saturated rings. The van der Waals surface area contributed by atoms with Crippen molar-refractivity contribution in [3.63, 3.8) is 0 Å². The van der Waals surface area contributed by atoms with Gasteiger partial charge in [0.15, 0.2) is 5.82 Å². The third kappa shape index (κ3) is 5.23. The molecule has 2 heterocycles. The van der Waals surface area contributed by atoms with Gasteiger partial charge in [-0.25, -0.2) is 0 Å². The zero-order valence-corrected chi connectivity index (χ0v) is 16.5. The fourth-order valence-corrected chi connectivity index (χ4v) is 3.44. The third-order valence-corrected chi connectivity index (χ3v) is 4.93. The van der Waals surface area contributed by atoms with Crippen LogP contribution in [0.1, 0.15) is 43.1 Å². The van der Waals surface area contributed by atoms with Crippen molar-refractivity contribution >= 4 is 5.97 Å². The number of tetrazole rings is 1. The summed E-state index contributed by atoms with van der Waals surface area (Å²) in [5, 5.41) is 33.1. The maximum Gasteiger partial charge on any atom is 0.307 e. The smallest absolute Gasteiger partial charge is 0.307 e. The van der Waals surface area contributed by atoms with Gasteiger partial charge in [0, 0.05) is 17.7 Å². The molecule has 0 unspecified atom stereocenters. The average molecular weight is 395 g/mol. The van der Waals surface area contributed by atoms with Crippen molar-refractivity contribution in [3.05, 3.63) is 59.5 Å². The Balaban J connectivity index is 1.82. The molecule has 1 aromatic carbocycles. The number of H-pyrrole nitrogens is 1. The van der Waals surface area contributed by atoms with Crippen molar-refractivity contribution in [3.8, 4) is 11.3 Å². The number of nitrogens with zero attached hydrogens (tertiary/aromatic N) is 4. The van der Waals surface area contributed by atoms with Gasteiger partial charge in [-0.15, -0.1) is 10.2 Å². The molecule has 3 N–H and O–H groups in total. The zero-order valence-electron chi connectivity index (χ0n) is 16.5. The summed E-state index contributed by atoms with van der Waals surface area (Å²) in [6.45, 7) is 4.01. The number of aromatic amines is 1. The van der Waals surface area contributed by atoms with Gasteiger partial charge in [0.2, 0.25) is 0 Å². The number of rotatable bonds is 9. The summed E-state index contributed by atoms with van der Waals surface area (Å²) < 4.78 is 0. The highest BCUT2D eigenvalue weighted by Crippen LogP contribution is 2.31. The van der Waals surface area contributed by atoms with E-state index in [-0.39, 0.29) is 12.5 Å². The molecule has 8 heteroatoms. The highest BCUT2D eigenvalue weighted by molar-refractivity contribution is 5.71. The van der Waals surface area contributed by atoms with E-state index in [1.807, 2.05) is 50.2 Å². The number of benzene rings is 1. The Morgan fingerprint density at radius 3 is 2.34 bits per heavy atom. The topological polar surface area (TPSA) is 125 Å². The number of carbonyl (C=O) groups is 1. The minimum absolute atomic E-state index is 0.00520. The maximum atomic E-state index is 11.9. The van der Waals surface area contributed by atoms with Crippen LogP contribution < -0.4 is 0 Å². The van der Waals surface area contributed by atoms with Crippen molar-refractivity contribution in [2.75, 3.05) is 0 Å². The van der Waals surface area contributed by atoms with Crippen LogP contribution in [0.25, 0.3) is 11.3 Å². The summed E-state index contributed by atoms with van der Waals surface area (Å²) >= 11 is 0. The van der Waals surface area contributed by atoms with E-state index in [4.69, 9.17) is 5.11 Å². The molecule has 8 nitrogen and oxygen atoms in total. The van der Waals surface area contributed by atoms with Crippen LogP contribution in [0.15, 0.2) is 42.6 Å². The first-order chi connectivity index (χ1) is 14.0. The first kappa shape index (κ1) is 20.6. The number of hydrogen-bond donors (Lipinski definition) is 3. The Bertz CT molecular complexity index is 909. The van der Waals surface area contributed by atoms with Gasteiger partial charge in [-0.2, -0.15) is 5.21 Å². The van der Waals surface area contributed by atoms with E-state index in [0.29, 0.717) is 18.7 Å². The second kappa shape index (κ2) is 9.38. The predicted molar refractivity (Wildman–Crippen MR) is 107 cm³/mol. The highest BCUT2D eigenvalue weighted by atomic mass is 16.4. The Morgan fingerprint density at radius 2 is 1.83 bits per heavy atom. The summed E-state index contributed by atoms with van der Waals surface area (Å²) in [5.41, 5.74) is 3.52. The number of pyridine rings is 1. The van der Waals surface area contributed by atoms with Crippen LogP contribution in [0.3, 0.4) is 0 Å². The number of nitrogens with one attached hydrogen (secondary N) is 1. The molecule has 0 radical (unpaired) electrons. The minimum atomic E-state index is -0.859. The quantitative estimate of drug-likeness (QED) is 0.509. The number of aliphatic hydroxyl groups is 1. The van der Waals surface area contributed by atoms with Gasteiger partial charge in [-0.1, -0.05) is 49.4 Å². The van der Waals surface area contributed by atoms with Crippen molar-refractivity contribution in [1.29, 1.82) is 0 Å². The second-order valence-corrected chi connectivity index (χ2v) is 7.56. The van der Waals surface area contributed by atoms with E-state index < -0.39 is 17.8 Å². The highest BCUT2D eigenvalue weighted by Gasteiger charge is 2.33. The first-order valence-corrected chi connectivity index (χ1v) is 9.59. The molecule has 0 saturated heterocycles. The molecule has 0 bridgehead atoms. The normalized spacial score (nSPS) is 13.4. The van der Waals surface area contributed by atoms with Gasteiger partial charge in [0.25, 0.3) is 0 Å². The molecular formula is C21H25N5O3. The first-order valence-electron chi connectivity index (χ1n) is 9.59. The molecule has 0 amide bonds. The van der Waals surface area contributed by atoms with Crippen LogP contribution in [-0.4, -0.2) is 41.8 Å². The van der Waals surface area contributed by atoms with E-state index in [2.05, 4.69) is 25.6 Å². The molecule has 0 spiro atoms. The van der Waals surface area contributed by atoms with Crippen LogP contribution in [0.5, 0.6) is 0 Å². The van der Waals surface area contributed by atoms with Crippen LogP contribution in [0.4, 0.5) is 0 Å². The Labute approximate surface area is 169 Å². The van der Waals surface area contributed by atoms with Gasteiger partial charge in [-0.05, 0) is 36.0 Å². The number of carboxylic acids is 1. The number of carboxylic acid groups (broad SMARTS) is 1. The zero-order chi connectivity index (χ0) is 20.8. The van der Waals surface area contributed by atoms with E-state index in [1.54, 1.807) is 6.20 Å². The van der Waals surface area contributed by atoms with Gasteiger partial charge in [0.05, 0.1) is 18.2 Å². The van der Waals surface area contributed by atoms with Crippen molar-refractivity contribution in [1.82, 2.24) is 25.6 Å². The van der Waals surface area contributed by atoms with Crippen LogP contribution >= 0.6 is 0 Å². The number of aliphatic hydroxyl groups excluding tert-OH is 1. The number of hydrogen-bond acceptors (Lipinski definition) is 6. The van der Waals surface area contributed by atoms with E-state index in [1.165, 1.54) is 0 Å². The molecule has 0 saturated carbocycles. The van der Waals surface area contributed by atoms with Crippen molar-refractivity contribution in [2.45, 2.75) is 39.2 Å². The SMILES string of the molecule is CC(C)C[C@H](C(=O)O)[C@H](Cc1ccc(-c2ccc(CO)cc2)nc1)c1nn[nH]n1. The molecule has 0 aliphatic rings. The van der Waals surface area contributed by atoms with Gasteiger partial charge < -0.3 is 10.2 Å². The van der Waals surface area contributed by atoms with E-state index in [0.717, 1.165) is 22.4 Å². The van der Waals surface area contributed by atoms with E-state index in [9.17, 15) is 9.90 Å². The summed E-state index contributed by atoms with van der Waals surface area (Å²) in [7, 11) is 0. The molecule has 2 atom stereocenters. The van der Waals surface area contributed by atoms with Crippen molar-refractivity contribution < 1.29 is 15.0 Å². The lowest BCUT2D eigenvalue weighted by atomic mass is 9.81. The van der Waals surface area contributed by atoms with E-state index >= 15 is 0 Å². The largest absolute Gasteiger partial charge is 0.481 e. The summed E-state index contributed by atoms with van der Waals surface area (Å²) in [6, 6.07) is 11.4. The molecule has 0 aliphatic carbocycles. The standard InChI is InChI=1S/C21H25N5O3/c1-13(2)9-18(21(28)29)17(20-23-25-26-24-20)10-15-5-8-19(22-11-15)16-6-3-14(12-27)4-7-16/h3-8,11,13,17-18,27H,9-10,12H2,1-2H3,(H,28,29)(H,23,24,25,26)/t17-,18-/m0/s1. The maximum absolute atomic E-state index is 11.9. The van der Waals surface area contributed by atoms with Crippen LogP contribution in [0.2, 0.25) is 0 Å². The third-order valence-electron chi connectivity index (χ3n) is 4.93. The molecule has 3 aromatic rings. The Kier molecular flexibility index (Phi) is 6.66. The lowest BCUT2D eigenvalue weighted by Gasteiger charge is -2.23. The monoisotopic (exact) mass is 395 g/mol. The Hall–Kier alpha value is -3.13. The Morgan fingerprint density at radius 1 is 1.10 bits per heavy atom. The molecule has 2 aromatic heterocycles. The average Bonchev–Trinajstić information content (AvgIpc) is 3.25. The van der Waals surface area contributed by atoms with Crippen LogP contribution in [0, 0.1) is 11.8 Å². The fraction of sp³-hybridized carbons (Fsp3) is 0.381. The number of aromatic nitrogens is 5. The molecule has 152 valence electrons. The summed E-state index contributed by atoms with van der Waals surface area (Å²) in [6.07, 6.45) is 2.74. The van der Waals surface area contributed by atoms with Gasteiger partial charge in [-0.3, -0.25) is 9.78 Å². The minimum Gasteiger partial charge on any atom is -0.481 e. The lowest BCUT2D eigenvalue weighted by molar-refractivity contribution is -0.143. The fourth-order valence-electron chi connectivity index (χ4n) is 3.44. The summed E-state index contributed by atoms with van der Waals surface area (Å²) in [4.78, 5) is 16.5. The predicted octanol–water partition coefficient (Wildman–Crippen LogP) is 2.83. The van der Waals surface area contributed by atoms with Crippen LogP contribution in [-0.2, 0) is 17.8 Å².